The van der Waals surface area contributed by atoms with Crippen LogP contribution in [0.3, 0.4) is 0 Å². The van der Waals surface area contributed by atoms with Gasteiger partial charge in [-0.1, -0.05) is 292 Å². The number of likely N-dealkylation sites (N-methyl/N-ethyl adjacent to an activating group) is 1. The lowest BCUT2D eigenvalue weighted by atomic mass is 10.0. The highest BCUT2D eigenvalue weighted by atomic mass is 31.2. The standard InChI is InChI=1S/C72H130NO8P/c1-6-8-10-12-14-16-18-20-22-24-26-28-30-32-33-34-35-36-37-38-39-41-42-44-46-48-50-52-54-56-58-60-62-64-71(74)78-68-70(69-80-82(76,77)79-67-66-73(3,4)5)81-72(75)65-63-61-59-57-55-53-51-49-47-45-43-40-31-29-27-25-23-21-19-17-15-13-11-9-7-2/h9,11,15,17-18,20-21,23-24,26-27,29-30,32,70H,6-8,10,12-14,16,19,22,25,28,31,33-69H2,1-5H3/b11-9-,17-15-,20-18-,23-21-,26-24-,29-27-,32-30-. The molecule has 0 aromatic carbocycles. The normalized spacial score (nSPS) is 13.7. The molecule has 0 N–H and O–H groups in total. The number of rotatable bonds is 63. The molecule has 0 saturated heterocycles. The van der Waals surface area contributed by atoms with Crippen molar-refractivity contribution in [3.8, 4) is 0 Å². The van der Waals surface area contributed by atoms with E-state index in [1.54, 1.807) is 0 Å². The van der Waals surface area contributed by atoms with Crippen molar-refractivity contribution >= 4 is 19.8 Å². The summed E-state index contributed by atoms with van der Waals surface area (Å²) in [5.41, 5.74) is 0. The Labute approximate surface area is 507 Å². The van der Waals surface area contributed by atoms with E-state index in [0.29, 0.717) is 17.4 Å². The van der Waals surface area contributed by atoms with Crippen LogP contribution in [0.15, 0.2) is 85.1 Å². The first-order chi connectivity index (χ1) is 40.0. The highest BCUT2D eigenvalue weighted by Gasteiger charge is 2.22. The van der Waals surface area contributed by atoms with Crippen LogP contribution in [0.25, 0.3) is 0 Å². The molecule has 0 fully saturated rings. The third kappa shape index (κ3) is 66.3. The molecule has 0 heterocycles. The van der Waals surface area contributed by atoms with E-state index in [1.807, 2.05) is 21.1 Å². The summed E-state index contributed by atoms with van der Waals surface area (Å²) in [6.07, 6.45) is 85.1. The fraction of sp³-hybridized carbons (Fsp3) is 0.778. The minimum atomic E-state index is -4.64. The number of quaternary nitrogens is 1. The van der Waals surface area contributed by atoms with Crippen LogP contribution >= 0.6 is 7.82 Å². The molecule has 2 atom stereocenters. The average Bonchev–Trinajstić information content (AvgIpc) is 3.46. The molecular formula is C72H130NO8P. The smallest absolute Gasteiger partial charge is 0.306 e. The predicted molar refractivity (Wildman–Crippen MR) is 351 cm³/mol. The van der Waals surface area contributed by atoms with Crippen LogP contribution in [0.2, 0.25) is 0 Å². The van der Waals surface area contributed by atoms with Crippen molar-refractivity contribution in [1.82, 2.24) is 0 Å². The van der Waals surface area contributed by atoms with Crippen LogP contribution in [-0.4, -0.2) is 70.0 Å². The van der Waals surface area contributed by atoms with Gasteiger partial charge in [0, 0.05) is 12.8 Å². The molecule has 0 spiro atoms. The lowest BCUT2D eigenvalue weighted by molar-refractivity contribution is -0.870. The van der Waals surface area contributed by atoms with Crippen molar-refractivity contribution < 1.29 is 42.1 Å². The Balaban J connectivity index is 4.03. The fourth-order valence-corrected chi connectivity index (χ4v) is 10.4. The van der Waals surface area contributed by atoms with Gasteiger partial charge >= 0.3 is 11.9 Å². The van der Waals surface area contributed by atoms with Crippen LogP contribution in [-0.2, 0) is 32.7 Å². The van der Waals surface area contributed by atoms with Crippen LogP contribution in [0.4, 0.5) is 0 Å². The predicted octanol–water partition coefficient (Wildman–Crippen LogP) is 21.5. The summed E-state index contributed by atoms with van der Waals surface area (Å²) in [5.74, 6) is -0.827. The topological polar surface area (TPSA) is 111 Å². The first kappa shape index (κ1) is 79.2. The number of esters is 2. The molecule has 9 nitrogen and oxygen atoms in total. The van der Waals surface area contributed by atoms with E-state index in [0.717, 1.165) is 77.0 Å². The molecule has 0 aliphatic rings. The molecule has 0 amide bonds. The molecule has 0 saturated carbocycles. The maximum absolute atomic E-state index is 12.8. The van der Waals surface area contributed by atoms with Crippen molar-refractivity contribution in [2.24, 2.45) is 0 Å². The number of hydrogen-bond donors (Lipinski definition) is 0. The van der Waals surface area contributed by atoms with Gasteiger partial charge in [0.2, 0.25) is 0 Å². The van der Waals surface area contributed by atoms with E-state index < -0.39 is 26.5 Å². The Morgan fingerprint density at radius 3 is 1.04 bits per heavy atom. The molecule has 0 aromatic heterocycles. The van der Waals surface area contributed by atoms with Gasteiger partial charge in [0.25, 0.3) is 7.82 Å². The van der Waals surface area contributed by atoms with Crippen LogP contribution in [0.1, 0.15) is 309 Å². The van der Waals surface area contributed by atoms with Crippen molar-refractivity contribution in [2.45, 2.75) is 315 Å². The van der Waals surface area contributed by atoms with E-state index in [2.05, 4.69) is 98.9 Å². The summed E-state index contributed by atoms with van der Waals surface area (Å²) in [5, 5.41) is 0. The Hall–Kier alpha value is -2.81. The Morgan fingerprint density at radius 1 is 0.390 bits per heavy atom. The van der Waals surface area contributed by atoms with Crippen molar-refractivity contribution in [3.63, 3.8) is 0 Å². The van der Waals surface area contributed by atoms with Gasteiger partial charge in [0.15, 0.2) is 6.10 Å². The zero-order valence-corrected chi connectivity index (χ0v) is 55.1. The van der Waals surface area contributed by atoms with Gasteiger partial charge in [0.05, 0.1) is 27.7 Å². The fourth-order valence-electron chi connectivity index (χ4n) is 9.66. The first-order valence-electron chi connectivity index (χ1n) is 34.3. The molecule has 10 heteroatoms. The minimum absolute atomic E-state index is 0.0328. The van der Waals surface area contributed by atoms with E-state index in [1.165, 1.54) is 199 Å². The summed E-state index contributed by atoms with van der Waals surface area (Å²) in [6, 6.07) is 0. The number of phosphoric acid groups is 1. The molecule has 2 unspecified atom stereocenters. The lowest BCUT2D eigenvalue weighted by Gasteiger charge is -2.28. The second-order valence-electron chi connectivity index (χ2n) is 24.2. The van der Waals surface area contributed by atoms with Crippen molar-refractivity contribution in [1.29, 1.82) is 0 Å². The molecule has 0 aliphatic heterocycles. The Kier molecular flexibility index (Phi) is 60.6. The summed E-state index contributed by atoms with van der Waals surface area (Å²) >= 11 is 0. The molecule has 82 heavy (non-hydrogen) atoms. The highest BCUT2D eigenvalue weighted by molar-refractivity contribution is 7.45. The number of carbonyl (C=O) groups excluding carboxylic acids is 2. The monoisotopic (exact) mass is 1170 g/mol. The maximum Gasteiger partial charge on any atom is 0.306 e. The minimum Gasteiger partial charge on any atom is -0.756 e. The number of carbonyl (C=O) groups is 2. The number of allylic oxidation sites excluding steroid dienone is 14. The molecule has 476 valence electrons. The molecule has 0 rings (SSSR count). The highest BCUT2D eigenvalue weighted by Crippen LogP contribution is 2.38. The average molecular weight is 1170 g/mol. The number of ether oxygens (including phenoxy) is 2. The van der Waals surface area contributed by atoms with E-state index in [4.69, 9.17) is 18.5 Å². The van der Waals surface area contributed by atoms with Gasteiger partial charge in [-0.05, 0) is 89.9 Å². The first-order valence-corrected chi connectivity index (χ1v) is 35.8. The molecule has 0 aromatic rings. The van der Waals surface area contributed by atoms with Gasteiger partial charge < -0.3 is 27.9 Å². The molecular weight excluding hydrogens is 1040 g/mol. The van der Waals surface area contributed by atoms with Gasteiger partial charge in [0.1, 0.15) is 19.8 Å². The third-order valence-electron chi connectivity index (χ3n) is 14.9. The second-order valence-corrected chi connectivity index (χ2v) is 25.6. The zero-order chi connectivity index (χ0) is 59.8. The van der Waals surface area contributed by atoms with E-state index >= 15 is 0 Å². The van der Waals surface area contributed by atoms with Crippen LogP contribution < -0.4 is 4.89 Å². The van der Waals surface area contributed by atoms with E-state index in [-0.39, 0.29) is 32.0 Å². The molecule has 0 aliphatic carbocycles. The summed E-state index contributed by atoms with van der Waals surface area (Å²) < 4.78 is 34.3. The summed E-state index contributed by atoms with van der Waals surface area (Å²) in [6.45, 7) is 4.15. The van der Waals surface area contributed by atoms with Gasteiger partial charge in [-0.3, -0.25) is 14.2 Å². The second kappa shape index (κ2) is 62.7. The van der Waals surface area contributed by atoms with Crippen LogP contribution in [0, 0.1) is 0 Å². The van der Waals surface area contributed by atoms with E-state index in [9.17, 15) is 19.0 Å². The van der Waals surface area contributed by atoms with Gasteiger partial charge in [-0.25, -0.2) is 0 Å². The number of hydrogen-bond acceptors (Lipinski definition) is 8. The molecule has 0 radical (unpaired) electrons. The lowest BCUT2D eigenvalue weighted by Crippen LogP contribution is -2.37. The third-order valence-corrected chi connectivity index (χ3v) is 15.9. The number of nitrogens with zero attached hydrogens (tertiary/aromatic N) is 1. The Bertz CT molecular complexity index is 1660. The van der Waals surface area contributed by atoms with Crippen molar-refractivity contribution in [3.05, 3.63) is 85.1 Å². The number of unbranched alkanes of at least 4 members (excludes halogenated alkanes) is 35. The summed E-state index contributed by atoms with van der Waals surface area (Å²) in [7, 11) is 1.17. The Morgan fingerprint density at radius 2 is 0.695 bits per heavy atom. The number of phosphoric ester groups is 1. The summed E-state index contributed by atoms with van der Waals surface area (Å²) in [4.78, 5) is 38.0. The van der Waals surface area contributed by atoms with Crippen LogP contribution in [0.5, 0.6) is 0 Å². The molecule has 0 bridgehead atoms. The quantitative estimate of drug-likeness (QED) is 0.0195. The van der Waals surface area contributed by atoms with Gasteiger partial charge in [-0.2, -0.15) is 0 Å². The zero-order valence-electron chi connectivity index (χ0n) is 54.2. The van der Waals surface area contributed by atoms with Gasteiger partial charge in [-0.15, -0.1) is 0 Å². The maximum atomic E-state index is 12.8. The largest absolute Gasteiger partial charge is 0.756 e. The SMILES string of the molecule is CC/C=C\C/C=C\C/C=C\C/C=C\CCCCCCCCCCCCCCC(=O)OC(COC(=O)CCCCCCCCCCCCCCCCCCCC/C=C\C/C=C\C/C=C\CCCCCCC)COP(=O)([O-])OCC[N+](C)(C)C. The van der Waals surface area contributed by atoms with Crippen molar-refractivity contribution in [2.75, 3.05) is 47.5 Å².